The number of rotatable bonds is 2. The van der Waals surface area contributed by atoms with Crippen molar-refractivity contribution in [3.63, 3.8) is 0 Å². The summed E-state index contributed by atoms with van der Waals surface area (Å²) in [5, 5.41) is 10.1. The molecule has 0 fully saturated rings. The lowest BCUT2D eigenvalue weighted by molar-refractivity contribution is -0.136. The van der Waals surface area contributed by atoms with E-state index in [1.54, 1.807) is 23.1 Å². The van der Waals surface area contributed by atoms with Gasteiger partial charge in [0.2, 0.25) is 5.91 Å². The maximum absolute atomic E-state index is 12.1. The van der Waals surface area contributed by atoms with Crippen molar-refractivity contribution >= 4 is 17.4 Å². The molecule has 1 N–H and O–H groups in total. The molecule has 1 aromatic rings. The van der Waals surface area contributed by atoms with Crippen LogP contribution in [0.1, 0.15) is 25.5 Å². The Morgan fingerprint density at radius 3 is 2.65 bits per heavy atom. The molecule has 90 valence electrons. The highest BCUT2D eigenvalue weighted by Gasteiger charge is 2.41. The standard InChI is InChI=1S/C13H15NO3/c1-3-14-10-7-5-4-6-9(10)12(16)11(8(2)15)13(14)17/h4-7,11-12,16H,3H2,1-2H3. The van der Waals surface area contributed by atoms with Crippen molar-refractivity contribution in [3.05, 3.63) is 29.8 Å². The van der Waals surface area contributed by atoms with Crippen LogP contribution < -0.4 is 4.90 Å². The first-order chi connectivity index (χ1) is 8.07. The molecule has 2 atom stereocenters. The number of carbonyl (C=O) groups is 2. The van der Waals surface area contributed by atoms with Gasteiger partial charge in [0, 0.05) is 17.8 Å². The zero-order valence-electron chi connectivity index (χ0n) is 9.88. The van der Waals surface area contributed by atoms with Gasteiger partial charge in [0.25, 0.3) is 0 Å². The first-order valence-electron chi connectivity index (χ1n) is 5.66. The number of ketones is 1. The Labute approximate surface area is 99.9 Å². The average Bonchev–Trinajstić information content (AvgIpc) is 2.29. The van der Waals surface area contributed by atoms with E-state index in [1.165, 1.54) is 6.92 Å². The predicted molar refractivity (Wildman–Crippen MR) is 63.6 cm³/mol. The normalized spacial score (nSPS) is 23.5. The third-order valence-electron chi connectivity index (χ3n) is 3.15. The number of hydrogen-bond donors (Lipinski definition) is 1. The SMILES string of the molecule is CCN1C(=O)C(C(C)=O)C(O)c2ccccc21. The Kier molecular flexibility index (Phi) is 2.98. The van der Waals surface area contributed by atoms with Gasteiger partial charge in [0.05, 0.1) is 6.10 Å². The summed E-state index contributed by atoms with van der Waals surface area (Å²) < 4.78 is 0. The Morgan fingerprint density at radius 1 is 1.41 bits per heavy atom. The third kappa shape index (κ3) is 1.74. The molecule has 2 rings (SSSR count). The number of carbonyl (C=O) groups excluding carboxylic acids is 2. The van der Waals surface area contributed by atoms with Crippen LogP contribution in [0.2, 0.25) is 0 Å². The Morgan fingerprint density at radius 2 is 2.06 bits per heavy atom. The minimum absolute atomic E-state index is 0.296. The van der Waals surface area contributed by atoms with Gasteiger partial charge in [-0.25, -0.2) is 0 Å². The van der Waals surface area contributed by atoms with Crippen LogP contribution in [0.25, 0.3) is 0 Å². The number of fused-ring (bicyclic) bond motifs is 1. The van der Waals surface area contributed by atoms with Crippen LogP contribution in [0.5, 0.6) is 0 Å². The van der Waals surface area contributed by atoms with E-state index < -0.39 is 12.0 Å². The summed E-state index contributed by atoms with van der Waals surface area (Å²) in [6.45, 7) is 3.68. The second kappa shape index (κ2) is 4.30. The number of aliphatic hydroxyl groups excluding tert-OH is 1. The summed E-state index contributed by atoms with van der Waals surface area (Å²) in [5.74, 6) is -1.58. The molecule has 1 amide bonds. The van der Waals surface area contributed by atoms with Crippen LogP contribution in [-0.2, 0) is 9.59 Å². The second-order valence-electron chi connectivity index (χ2n) is 4.17. The Balaban J connectivity index is 2.56. The molecule has 1 aliphatic heterocycles. The predicted octanol–water partition coefficient (Wildman–Crippen LogP) is 1.29. The lowest BCUT2D eigenvalue weighted by atomic mass is 9.86. The van der Waals surface area contributed by atoms with Crippen LogP contribution in [0.3, 0.4) is 0 Å². The summed E-state index contributed by atoms with van der Waals surface area (Å²) in [5.41, 5.74) is 1.35. The summed E-state index contributed by atoms with van der Waals surface area (Å²) in [6.07, 6.45) is -1.03. The Hall–Kier alpha value is -1.68. The van der Waals surface area contributed by atoms with E-state index in [2.05, 4.69) is 0 Å². The van der Waals surface area contributed by atoms with E-state index in [0.29, 0.717) is 17.8 Å². The van der Waals surface area contributed by atoms with Gasteiger partial charge >= 0.3 is 0 Å². The number of nitrogens with zero attached hydrogens (tertiary/aromatic N) is 1. The quantitative estimate of drug-likeness (QED) is 0.783. The largest absolute Gasteiger partial charge is 0.387 e. The zero-order valence-corrected chi connectivity index (χ0v) is 9.88. The van der Waals surface area contributed by atoms with Crippen molar-refractivity contribution in [2.45, 2.75) is 20.0 Å². The molecular weight excluding hydrogens is 218 g/mol. The first kappa shape index (κ1) is 11.8. The molecule has 17 heavy (non-hydrogen) atoms. The molecule has 0 aliphatic carbocycles. The third-order valence-corrected chi connectivity index (χ3v) is 3.15. The van der Waals surface area contributed by atoms with E-state index in [0.717, 1.165) is 0 Å². The first-order valence-corrected chi connectivity index (χ1v) is 5.66. The summed E-state index contributed by atoms with van der Waals surface area (Å²) in [6, 6.07) is 7.15. The molecule has 4 nitrogen and oxygen atoms in total. The van der Waals surface area contributed by atoms with Gasteiger partial charge in [-0.15, -0.1) is 0 Å². The van der Waals surface area contributed by atoms with Gasteiger partial charge in [-0.05, 0) is 19.9 Å². The molecule has 0 saturated carbocycles. The molecule has 0 aromatic heterocycles. The van der Waals surface area contributed by atoms with Crippen molar-refractivity contribution in [2.75, 3.05) is 11.4 Å². The fourth-order valence-electron chi connectivity index (χ4n) is 2.31. The molecule has 4 heteroatoms. The number of hydrogen-bond acceptors (Lipinski definition) is 3. The summed E-state index contributed by atoms with van der Waals surface area (Å²) in [4.78, 5) is 25.1. The van der Waals surface area contributed by atoms with Crippen molar-refractivity contribution in [2.24, 2.45) is 5.92 Å². The van der Waals surface area contributed by atoms with Gasteiger partial charge < -0.3 is 10.0 Å². The smallest absolute Gasteiger partial charge is 0.240 e. The van der Waals surface area contributed by atoms with Crippen molar-refractivity contribution in [1.82, 2.24) is 0 Å². The van der Waals surface area contributed by atoms with Gasteiger partial charge in [-0.2, -0.15) is 0 Å². The van der Waals surface area contributed by atoms with E-state index in [9.17, 15) is 14.7 Å². The molecule has 0 bridgehead atoms. The topological polar surface area (TPSA) is 57.6 Å². The van der Waals surface area contributed by atoms with Crippen LogP contribution in [0.15, 0.2) is 24.3 Å². The maximum atomic E-state index is 12.1. The zero-order chi connectivity index (χ0) is 12.6. The number of aliphatic hydroxyl groups is 1. The molecule has 2 unspecified atom stereocenters. The minimum Gasteiger partial charge on any atom is -0.387 e. The van der Waals surface area contributed by atoms with E-state index in [1.807, 2.05) is 13.0 Å². The van der Waals surface area contributed by atoms with Gasteiger partial charge in [0.15, 0.2) is 0 Å². The monoisotopic (exact) mass is 233 g/mol. The lowest BCUT2D eigenvalue weighted by Crippen LogP contribution is -2.46. The van der Waals surface area contributed by atoms with Crippen LogP contribution >= 0.6 is 0 Å². The molecule has 0 spiro atoms. The number of Topliss-reactive ketones (excluding diaryl/α,β-unsaturated/α-hetero) is 1. The fraction of sp³-hybridized carbons (Fsp3) is 0.385. The molecule has 0 saturated heterocycles. The Bertz CT molecular complexity index is 469. The second-order valence-corrected chi connectivity index (χ2v) is 4.17. The summed E-state index contributed by atoms with van der Waals surface area (Å²) in [7, 11) is 0. The van der Waals surface area contributed by atoms with Crippen LogP contribution in [0.4, 0.5) is 5.69 Å². The minimum atomic E-state index is -1.03. The van der Waals surface area contributed by atoms with Gasteiger partial charge in [0.1, 0.15) is 11.7 Å². The molecular formula is C13H15NO3. The lowest BCUT2D eigenvalue weighted by Gasteiger charge is -2.35. The molecule has 1 aliphatic rings. The maximum Gasteiger partial charge on any atom is 0.240 e. The highest BCUT2D eigenvalue weighted by molar-refractivity contribution is 6.10. The van der Waals surface area contributed by atoms with Crippen LogP contribution in [0, 0.1) is 5.92 Å². The molecule has 0 radical (unpaired) electrons. The highest BCUT2D eigenvalue weighted by Crippen LogP contribution is 2.37. The van der Waals surface area contributed by atoms with Crippen molar-refractivity contribution in [1.29, 1.82) is 0 Å². The molecule has 1 heterocycles. The van der Waals surface area contributed by atoms with E-state index in [4.69, 9.17) is 0 Å². The number of para-hydroxylation sites is 1. The van der Waals surface area contributed by atoms with E-state index in [-0.39, 0.29) is 11.7 Å². The van der Waals surface area contributed by atoms with Crippen molar-refractivity contribution < 1.29 is 14.7 Å². The fourth-order valence-corrected chi connectivity index (χ4v) is 2.31. The summed E-state index contributed by atoms with van der Waals surface area (Å²) >= 11 is 0. The average molecular weight is 233 g/mol. The number of amides is 1. The molecule has 1 aromatic carbocycles. The van der Waals surface area contributed by atoms with Crippen molar-refractivity contribution in [3.8, 4) is 0 Å². The number of anilines is 1. The van der Waals surface area contributed by atoms with Crippen LogP contribution in [-0.4, -0.2) is 23.3 Å². The van der Waals surface area contributed by atoms with Gasteiger partial charge in [-0.1, -0.05) is 18.2 Å². The van der Waals surface area contributed by atoms with E-state index >= 15 is 0 Å². The van der Waals surface area contributed by atoms with Gasteiger partial charge in [-0.3, -0.25) is 9.59 Å². The highest BCUT2D eigenvalue weighted by atomic mass is 16.3. The number of benzene rings is 1.